The molecule has 0 fully saturated rings. The van der Waals surface area contributed by atoms with E-state index in [0.29, 0.717) is 34.7 Å². The molecule has 0 saturated heterocycles. The van der Waals surface area contributed by atoms with Crippen molar-refractivity contribution in [3.63, 3.8) is 0 Å². The molecule has 1 aromatic carbocycles. The number of amides is 1. The maximum Gasteiger partial charge on any atom is 0.270 e. The molecule has 0 saturated carbocycles. The van der Waals surface area contributed by atoms with Gasteiger partial charge < -0.3 is 10.6 Å². The highest BCUT2D eigenvalue weighted by Gasteiger charge is 2.10. The molecule has 2 N–H and O–H groups in total. The van der Waals surface area contributed by atoms with Crippen molar-refractivity contribution in [3.8, 4) is 0 Å². The van der Waals surface area contributed by atoms with E-state index in [0.717, 1.165) is 24.2 Å². The second kappa shape index (κ2) is 8.85. The lowest BCUT2D eigenvalue weighted by Crippen LogP contribution is -2.27. The van der Waals surface area contributed by atoms with Gasteiger partial charge in [-0.05, 0) is 43.5 Å². The van der Waals surface area contributed by atoms with E-state index in [2.05, 4.69) is 27.5 Å². The highest BCUT2D eigenvalue weighted by atomic mass is 35.5. The Bertz CT molecular complexity index is 722. The summed E-state index contributed by atoms with van der Waals surface area (Å²) in [6.45, 7) is 5.11. The molecule has 0 aliphatic heterocycles. The molecule has 0 bridgehead atoms. The zero-order valence-corrected chi connectivity index (χ0v) is 15.2. The Morgan fingerprint density at radius 1 is 1.17 bits per heavy atom. The summed E-state index contributed by atoms with van der Waals surface area (Å²) >= 11 is 12.0. The number of halogens is 2. The quantitative estimate of drug-likeness (QED) is 0.779. The number of nitrogens with zero attached hydrogens (tertiary/aromatic N) is 2. The maximum absolute atomic E-state index is 12.3. The van der Waals surface area contributed by atoms with E-state index in [1.54, 1.807) is 18.2 Å². The van der Waals surface area contributed by atoms with Crippen LogP contribution < -0.4 is 10.6 Å². The lowest BCUT2D eigenvalue weighted by Gasteiger charge is -2.09. The molecule has 1 amide bonds. The van der Waals surface area contributed by atoms with Crippen molar-refractivity contribution in [1.82, 2.24) is 15.3 Å². The Balaban J connectivity index is 1.95. The third-order valence-electron chi connectivity index (χ3n) is 3.31. The second-order valence-corrected chi connectivity index (χ2v) is 6.23. The molecule has 1 aromatic heterocycles. The second-order valence-electron chi connectivity index (χ2n) is 5.39. The van der Waals surface area contributed by atoms with Crippen molar-refractivity contribution in [3.05, 3.63) is 51.3 Å². The normalized spacial score (nSPS) is 10.5. The molecule has 0 radical (unpaired) electrons. The SMILES string of the molecule is CCCNc1nc(C)cc(C(=O)NCCc2ccc(Cl)cc2Cl)n1. The van der Waals surface area contributed by atoms with Crippen LogP contribution in [0.4, 0.5) is 5.95 Å². The summed E-state index contributed by atoms with van der Waals surface area (Å²) in [6, 6.07) is 7.00. The summed E-state index contributed by atoms with van der Waals surface area (Å²) < 4.78 is 0. The predicted octanol–water partition coefficient (Wildman–Crippen LogP) is 3.89. The third-order valence-corrected chi connectivity index (χ3v) is 3.90. The van der Waals surface area contributed by atoms with Crippen LogP contribution >= 0.6 is 23.2 Å². The largest absolute Gasteiger partial charge is 0.354 e. The van der Waals surface area contributed by atoms with Crippen molar-refractivity contribution < 1.29 is 4.79 Å². The Kier molecular flexibility index (Phi) is 6.82. The first kappa shape index (κ1) is 18.5. The van der Waals surface area contributed by atoms with Gasteiger partial charge >= 0.3 is 0 Å². The van der Waals surface area contributed by atoms with Crippen molar-refractivity contribution in [2.45, 2.75) is 26.7 Å². The van der Waals surface area contributed by atoms with Gasteiger partial charge in [0, 0.05) is 28.8 Å². The van der Waals surface area contributed by atoms with Crippen molar-refractivity contribution in [2.24, 2.45) is 0 Å². The molecule has 0 spiro atoms. The highest BCUT2D eigenvalue weighted by Crippen LogP contribution is 2.21. The topological polar surface area (TPSA) is 66.9 Å². The predicted molar refractivity (Wildman–Crippen MR) is 98.0 cm³/mol. The summed E-state index contributed by atoms with van der Waals surface area (Å²) in [7, 11) is 0. The standard InChI is InChI=1S/C17H20Cl2N4O/c1-3-7-21-17-22-11(2)9-15(23-17)16(24)20-8-6-12-4-5-13(18)10-14(12)19/h4-5,9-10H,3,6-8H2,1-2H3,(H,20,24)(H,21,22,23). The van der Waals surface area contributed by atoms with E-state index in [9.17, 15) is 4.79 Å². The number of nitrogens with one attached hydrogen (secondary N) is 2. The Labute approximate surface area is 151 Å². The molecule has 5 nitrogen and oxygen atoms in total. The number of carbonyl (C=O) groups is 1. The Hall–Kier alpha value is -1.85. The summed E-state index contributed by atoms with van der Waals surface area (Å²) in [5.41, 5.74) is 2.03. The number of hydrogen-bond donors (Lipinski definition) is 2. The van der Waals surface area contributed by atoms with Gasteiger partial charge in [-0.15, -0.1) is 0 Å². The first-order valence-electron chi connectivity index (χ1n) is 7.81. The van der Waals surface area contributed by atoms with E-state index in [1.165, 1.54) is 0 Å². The molecular formula is C17H20Cl2N4O. The van der Waals surface area contributed by atoms with Crippen molar-refractivity contribution in [2.75, 3.05) is 18.4 Å². The van der Waals surface area contributed by atoms with Gasteiger partial charge in [0.25, 0.3) is 5.91 Å². The molecule has 24 heavy (non-hydrogen) atoms. The fourth-order valence-corrected chi connectivity index (χ4v) is 2.63. The molecule has 1 heterocycles. The van der Waals surface area contributed by atoms with Gasteiger partial charge in [0.1, 0.15) is 5.69 Å². The van der Waals surface area contributed by atoms with Crippen LogP contribution in [0.2, 0.25) is 10.0 Å². The first-order chi connectivity index (χ1) is 11.5. The van der Waals surface area contributed by atoms with Gasteiger partial charge in [-0.3, -0.25) is 4.79 Å². The average molecular weight is 367 g/mol. The summed E-state index contributed by atoms with van der Waals surface area (Å²) in [5.74, 6) is 0.243. The monoisotopic (exact) mass is 366 g/mol. The number of rotatable bonds is 7. The molecule has 0 aliphatic rings. The molecule has 0 unspecified atom stereocenters. The number of anilines is 1. The van der Waals surface area contributed by atoms with Crippen LogP contribution in [-0.4, -0.2) is 29.0 Å². The smallest absolute Gasteiger partial charge is 0.270 e. The van der Waals surface area contributed by atoms with Gasteiger partial charge in [-0.2, -0.15) is 0 Å². The van der Waals surface area contributed by atoms with Crippen LogP contribution in [0.15, 0.2) is 24.3 Å². The number of hydrogen-bond acceptors (Lipinski definition) is 4. The summed E-state index contributed by atoms with van der Waals surface area (Å²) in [5, 5.41) is 7.14. The van der Waals surface area contributed by atoms with Crippen LogP contribution in [0, 0.1) is 6.92 Å². The Morgan fingerprint density at radius 3 is 2.67 bits per heavy atom. The maximum atomic E-state index is 12.3. The highest BCUT2D eigenvalue weighted by molar-refractivity contribution is 6.35. The number of aromatic nitrogens is 2. The molecule has 7 heteroatoms. The fourth-order valence-electron chi connectivity index (χ4n) is 2.13. The van der Waals surface area contributed by atoms with Crippen molar-refractivity contribution in [1.29, 1.82) is 0 Å². The summed E-state index contributed by atoms with van der Waals surface area (Å²) in [4.78, 5) is 20.8. The average Bonchev–Trinajstić information content (AvgIpc) is 2.54. The minimum Gasteiger partial charge on any atom is -0.354 e. The molecular weight excluding hydrogens is 347 g/mol. The Morgan fingerprint density at radius 2 is 1.96 bits per heavy atom. The van der Waals surface area contributed by atoms with E-state index in [-0.39, 0.29) is 5.91 Å². The van der Waals surface area contributed by atoms with E-state index < -0.39 is 0 Å². The van der Waals surface area contributed by atoms with Crippen LogP contribution in [0.25, 0.3) is 0 Å². The zero-order valence-electron chi connectivity index (χ0n) is 13.7. The van der Waals surface area contributed by atoms with E-state index in [4.69, 9.17) is 23.2 Å². The lowest BCUT2D eigenvalue weighted by molar-refractivity contribution is 0.0949. The van der Waals surface area contributed by atoms with Crippen molar-refractivity contribution >= 4 is 35.1 Å². The molecule has 2 aromatic rings. The van der Waals surface area contributed by atoms with Gasteiger partial charge in [-0.1, -0.05) is 36.2 Å². The third kappa shape index (κ3) is 5.35. The van der Waals surface area contributed by atoms with Gasteiger partial charge in [0.05, 0.1) is 0 Å². The van der Waals surface area contributed by atoms with Gasteiger partial charge in [0.15, 0.2) is 0 Å². The molecule has 2 rings (SSSR count). The minimum absolute atomic E-state index is 0.231. The lowest BCUT2D eigenvalue weighted by atomic mass is 10.1. The van der Waals surface area contributed by atoms with Crippen LogP contribution in [0.3, 0.4) is 0 Å². The number of carbonyl (C=O) groups excluding carboxylic acids is 1. The van der Waals surface area contributed by atoms with Crippen LogP contribution in [0.1, 0.15) is 35.1 Å². The first-order valence-corrected chi connectivity index (χ1v) is 8.57. The molecule has 0 atom stereocenters. The van der Waals surface area contributed by atoms with Gasteiger partial charge in [0.2, 0.25) is 5.95 Å². The van der Waals surface area contributed by atoms with E-state index >= 15 is 0 Å². The zero-order chi connectivity index (χ0) is 17.5. The number of benzene rings is 1. The molecule has 0 aliphatic carbocycles. The van der Waals surface area contributed by atoms with E-state index in [1.807, 2.05) is 13.0 Å². The fraction of sp³-hybridized carbons (Fsp3) is 0.353. The molecule has 128 valence electrons. The van der Waals surface area contributed by atoms with Crippen LogP contribution in [0.5, 0.6) is 0 Å². The van der Waals surface area contributed by atoms with Gasteiger partial charge in [-0.25, -0.2) is 9.97 Å². The minimum atomic E-state index is -0.231. The van der Waals surface area contributed by atoms with Crippen LogP contribution in [-0.2, 0) is 6.42 Å². The number of aryl methyl sites for hydroxylation is 1. The summed E-state index contributed by atoms with van der Waals surface area (Å²) in [6.07, 6.45) is 1.58.